The van der Waals surface area contributed by atoms with Gasteiger partial charge in [-0.15, -0.1) is 0 Å². The van der Waals surface area contributed by atoms with Gasteiger partial charge in [0, 0.05) is 18.9 Å². The number of hydrogen-bond donors (Lipinski definition) is 4. The maximum absolute atomic E-state index is 12.2. The van der Waals surface area contributed by atoms with Crippen LogP contribution < -0.4 is 11.2 Å². The molecule has 1 unspecified atom stereocenters. The Balaban J connectivity index is 2.14. The Hall–Kier alpha value is -1.52. The molecule has 23 heavy (non-hydrogen) atoms. The number of aromatic amines is 1. The summed E-state index contributed by atoms with van der Waals surface area (Å²) in [7, 11) is 0. The second-order valence-electron chi connectivity index (χ2n) is 5.86. The van der Waals surface area contributed by atoms with Gasteiger partial charge < -0.3 is 24.8 Å². The molecule has 9 nitrogen and oxygen atoms in total. The van der Waals surface area contributed by atoms with Crippen molar-refractivity contribution in [3.05, 3.63) is 33.1 Å². The number of nitrogens with zero attached hydrogens (tertiary/aromatic N) is 1. The fourth-order valence-corrected chi connectivity index (χ4v) is 3.36. The van der Waals surface area contributed by atoms with Crippen LogP contribution in [0, 0.1) is 0 Å². The highest BCUT2D eigenvalue weighted by Crippen LogP contribution is 2.41. The molecule has 0 saturated carbocycles. The molecule has 5 atom stereocenters. The summed E-state index contributed by atoms with van der Waals surface area (Å²) in [5, 5.41) is 30.1. The maximum Gasteiger partial charge on any atom is 0.330 e. The third-order valence-corrected chi connectivity index (χ3v) is 4.49. The van der Waals surface area contributed by atoms with Crippen LogP contribution >= 0.6 is 0 Å². The van der Waals surface area contributed by atoms with Gasteiger partial charge in [-0.1, -0.05) is 0 Å². The van der Waals surface area contributed by atoms with Gasteiger partial charge in [-0.3, -0.25) is 14.3 Å². The molecule has 0 bridgehead atoms. The molecular formula is C14H20N2O7. The van der Waals surface area contributed by atoms with Crippen molar-refractivity contribution < 1.29 is 24.8 Å². The first-order valence-corrected chi connectivity index (χ1v) is 7.59. The highest BCUT2D eigenvalue weighted by molar-refractivity contribution is 5.06. The van der Waals surface area contributed by atoms with Gasteiger partial charge in [-0.2, -0.15) is 0 Å². The fourth-order valence-electron chi connectivity index (χ4n) is 3.36. The van der Waals surface area contributed by atoms with Crippen molar-refractivity contribution in [2.75, 3.05) is 13.2 Å². The van der Waals surface area contributed by atoms with Crippen LogP contribution in [0.3, 0.4) is 0 Å². The zero-order valence-corrected chi connectivity index (χ0v) is 12.4. The van der Waals surface area contributed by atoms with E-state index in [4.69, 9.17) is 9.47 Å². The fraction of sp³-hybridized carbons (Fsp3) is 0.714. The van der Waals surface area contributed by atoms with Gasteiger partial charge in [-0.05, 0) is 19.3 Å². The second-order valence-corrected chi connectivity index (χ2v) is 5.86. The number of aliphatic hydroxyl groups is 3. The molecule has 2 saturated heterocycles. The second kappa shape index (κ2) is 6.17. The van der Waals surface area contributed by atoms with E-state index in [9.17, 15) is 24.9 Å². The van der Waals surface area contributed by atoms with E-state index in [1.807, 2.05) is 0 Å². The molecule has 9 heteroatoms. The lowest BCUT2D eigenvalue weighted by Gasteiger charge is -2.41. The molecule has 4 N–H and O–H groups in total. The molecule has 1 aromatic heterocycles. The molecule has 3 heterocycles. The number of hydrogen-bond acceptors (Lipinski definition) is 7. The summed E-state index contributed by atoms with van der Waals surface area (Å²) >= 11 is 0. The Morgan fingerprint density at radius 2 is 2.13 bits per heavy atom. The van der Waals surface area contributed by atoms with Crippen molar-refractivity contribution >= 4 is 0 Å². The summed E-state index contributed by atoms with van der Waals surface area (Å²) < 4.78 is 12.5. The van der Waals surface area contributed by atoms with Crippen LogP contribution in [0.15, 0.2) is 21.9 Å². The lowest BCUT2D eigenvalue weighted by atomic mass is 9.92. The maximum atomic E-state index is 12.2. The zero-order valence-electron chi connectivity index (χ0n) is 12.4. The highest BCUT2D eigenvalue weighted by atomic mass is 16.6. The predicted octanol–water partition coefficient (Wildman–Crippen LogP) is -2.13. The zero-order chi connectivity index (χ0) is 16.6. The number of rotatable bonds is 3. The molecule has 3 rings (SSSR count). The number of nitrogens with one attached hydrogen (secondary N) is 1. The monoisotopic (exact) mass is 328 g/mol. The lowest BCUT2D eigenvalue weighted by molar-refractivity contribution is -0.232. The van der Waals surface area contributed by atoms with Crippen molar-refractivity contribution in [1.82, 2.24) is 9.55 Å². The highest BCUT2D eigenvalue weighted by Gasteiger charge is 2.60. The summed E-state index contributed by atoms with van der Waals surface area (Å²) in [6.07, 6.45) is -1.27. The van der Waals surface area contributed by atoms with E-state index in [1.54, 1.807) is 0 Å². The van der Waals surface area contributed by atoms with Crippen molar-refractivity contribution in [3.63, 3.8) is 0 Å². The first kappa shape index (κ1) is 16.3. The Kier molecular flexibility index (Phi) is 4.39. The van der Waals surface area contributed by atoms with Crippen LogP contribution in [0.1, 0.15) is 19.3 Å². The van der Waals surface area contributed by atoms with Gasteiger partial charge in [0.15, 0.2) is 0 Å². The summed E-state index contributed by atoms with van der Waals surface area (Å²) in [6.45, 7) is -0.0920. The average molecular weight is 328 g/mol. The van der Waals surface area contributed by atoms with Gasteiger partial charge >= 0.3 is 5.69 Å². The first-order chi connectivity index (χ1) is 11.0. The summed E-state index contributed by atoms with van der Waals surface area (Å²) in [5.74, 6) is 0. The van der Waals surface area contributed by atoms with E-state index in [1.165, 1.54) is 6.20 Å². The summed E-state index contributed by atoms with van der Waals surface area (Å²) in [6, 6.07) is 1.13. The van der Waals surface area contributed by atoms with Crippen molar-refractivity contribution in [2.45, 2.75) is 49.4 Å². The SMILES string of the molecule is O=c1ccn([C@]2(C3CCCCO3)O[C@H](CO)[C@@H](O)[C@H]2O)c(=O)[nH]1. The molecule has 2 fully saturated rings. The third kappa shape index (κ3) is 2.54. The molecule has 0 aliphatic carbocycles. The number of aromatic nitrogens is 2. The van der Waals surface area contributed by atoms with E-state index >= 15 is 0 Å². The van der Waals surface area contributed by atoms with Crippen molar-refractivity contribution in [1.29, 1.82) is 0 Å². The molecule has 128 valence electrons. The average Bonchev–Trinajstić information content (AvgIpc) is 2.81. The number of aliphatic hydroxyl groups excluding tert-OH is 3. The molecule has 1 aromatic rings. The van der Waals surface area contributed by atoms with Crippen molar-refractivity contribution in [2.24, 2.45) is 0 Å². The van der Waals surface area contributed by atoms with Gasteiger partial charge in [0.1, 0.15) is 24.4 Å². The Morgan fingerprint density at radius 1 is 1.35 bits per heavy atom. The Bertz CT molecular complexity index is 666. The van der Waals surface area contributed by atoms with E-state index in [-0.39, 0.29) is 0 Å². The topological polar surface area (TPSA) is 134 Å². The van der Waals surface area contributed by atoms with Gasteiger partial charge in [0.25, 0.3) is 5.56 Å². The van der Waals surface area contributed by atoms with E-state index < -0.39 is 48.0 Å². The smallest absolute Gasteiger partial charge is 0.330 e. The van der Waals surface area contributed by atoms with E-state index in [2.05, 4.69) is 4.98 Å². The van der Waals surface area contributed by atoms with E-state index in [0.29, 0.717) is 13.0 Å². The predicted molar refractivity (Wildman–Crippen MR) is 76.9 cm³/mol. The third-order valence-electron chi connectivity index (χ3n) is 4.49. The molecular weight excluding hydrogens is 308 g/mol. The molecule has 0 amide bonds. The lowest BCUT2D eigenvalue weighted by Crippen LogP contribution is -2.59. The minimum Gasteiger partial charge on any atom is -0.394 e. The standard InChI is InChI=1S/C14H20N2O7/c17-7-8-11(19)12(20)14(23-8,9-3-1-2-6-22-9)16-5-4-10(18)15-13(16)21/h4-5,8-9,11-12,17,19-20H,1-3,6-7H2,(H,15,18,21)/t8-,9?,11-,12-,14-/m1/s1. The van der Waals surface area contributed by atoms with Crippen LogP contribution in [-0.4, -0.2) is 62.5 Å². The molecule has 0 radical (unpaired) electrons. The minimum absolute atomic E-state index is 0.431. The first-order valence-electron chi connectivity index (χ1n) is 7.59. The largest absolute Gasteiger partial charge is 0.394 e. The van der Waals surface area contributed by atoms with Gasteiger partial charge in [0.05, 0.1) is 6.61 Å². The van der Waals surface area contributed by atoms with Crippen LogP contribution in [0.4, 0.5) is 0 Å². The Labute approximate surface area is 131 Å². The van der Waals surface area contributed by atoms with Gasteiger partial charge in [0.2, 0.25) is 5.72 Å². The van der Waals surface area contributed by atoms with Gasteiger partial charge in [-0.25, -0.2) is 4.79 Å². The number of H-pyrrole nitrogens is 1. The molecule has 2 aliphatic rings. The quantitative estimate of drug-likeness (QED) is 0.498. The summed E-state index contributed by atoms with van der Waals surface area (Å²) in [5.41, 5.74) is -3.07. The van der Waals surface area contributed by atoms with Crippen LogP contribution in [0.2, 0.25) is 0 Å². The minimum atomic E-state index is -1.70. The van der Waals surface area contributed by atoms with E-state index in [0.717, 1.165) is 23.5 Å². The Morgan fingerprint density at radius 3 is 2.70 bits per heavy atom. The molecule has 0 spiro atoms. The van der Waals surface area contributed by atoms with Crippen LogP contribution in [0.5, 0.6) is 0 Å². The summed E-state index contributed by atoms with van der Waals surface area (Å²) in [4.78, 5) is 25.7. The molecule has 0 aromatic carbocycles. The van der Waals surface area contributed by atoms with Crippen LogP contribution in [-0.2, 0) is 15.2 Å². The van der Waals surface area contributed by atoms with Crippen LogP contribution in [0.25, 0.3) is 0 Å². The molecule has 2 aliphatic heterocycles. The number of ether oxygens (including phenoxy) is 2. The van der Waals surface area contributed by atoms with Crippen molar-refractivity contribution in [3.8, 4) is 0 Å². The normalized spacial score (nSPS) is 37.9.